The summed E-state index contributed by atoms with van der Waals surface area (Å²) < 4.78 is 6.88. The number of aromatic nitrogens is 1. The Labute approximate surface area is 145 Å². The Kier molecular flexibility index (Phi) is 5.37. The molecule has 1 aromatic rings. The number of ether oxygens (including phenoxy) is 1. The van der Waals surface area contributed by atoms with E-state index in [2.05, 4.69) is 0 Å². The SMILES string of the molecule is Cc1c(C(=O)N2CCCN(C(=O)OC(C)(C)C)CC2)sc(=O)n1C. The van der Waals surface area contributed by atoms with Crippen molar-refractivity contribution in [3.8, 4) is 0 Å². The van der Waals surface area contributed by atoms with Gasteiger partial charge in [-0.3, -0.25) is 9.59 Å². The summed E-state index contributed by atoms with van der Waals surface area (Å²) in [5, 5.41) is 0. The minimum absolute atomic E-state index is 0.138. The van der Waals surface area contributed by atoms with Gasteiger partial charge in [0.2, 0.25) is 0 Å². The van der Waals surface area contributed by atoms with Gasteiger partial charge in [-0.25, -0.2) is 4.79 Å². The van der Waals surface area contributed by atoms with E-state index in [9.17, 15) is 14.4 Å². The molecular weight excluding hydrogens is 330 g/mol. The lowest BCUT2D eigenvalue weighted by Crippen LogP contribution is -2.40. The van der Waals surface area contributed by atoms with Gasteiger partial charge in [0.05, 0.1) is 0 Å². The first-order chi connectivity index (χ1) is 11.1. The van der Waals surface area contributed by atoms with Crippen LogP contribution in [0.5, 0.6) is 0 Å². The highest BCUT2D eigenvalue weighted by Gasteiger charge is 2.28. The van der Waals surface area contributed by atoms with Crippen LogP contribution in [0.1, 0.15) is 42.6 Å². The van der Waals surface area contributed by atoms with Gasteiger partial charge in [-0.1, -0.05) is 11.3 Å². The van der Waals surface area contributed by atoms with Crippen molar-refractivity contribution in [2.75, 3.05) is 26.2 Å². The zero-order valence-electron chi connectivity index (χ0n) is 14.9. The molecule has 1 fully saturated rings. The van der Waals surface area contributed by atoms with Gasteiger partial charge < -0.3 is 19.1 Å². The summed E-state index contributed by atoms with van der Waals surface area (Å²) in [6.07, 6.45) is 0.337. The Morgan fingerprint density at radius 2 is 1.67 bits per heavy atom. The molecule has 2 amide bonds. The largest absolute Gasteiger partial charge is 0.444 e. The summed E-state index contributed by atoms with van der Waals surface area (Å²) in [5.74, 6) is -0.138. The molecule has 0 aliphatic carbocycles. The second kappa shape index (κ2) is 6.96. The molecular formula is C16H25N3O4S. The van der Waals surface area contributed by atoms with Crippen LogP contribution in [-0.4, -0.2) is 58.1 Å². The minimum Gasteiger partial charge on any atom is -0.444 e. The van der Waals surface area contributed by atoms with E-state index in [4.69, 9.17) is 4.74 Å². The highest BCUT2D eigenvalue weighted by atomic mass is 32.1. The maximum atomic E-state index is 12.7. The highest BCUT2D eigenvalue weighted by molar-refractivity contribution is 7.11. The van der Waals surface area contributed by atoms with Gasteiger partial charge >= 0.3 is 11.0 Å². The summed E-state index contributed by atoms with van der Waals surface area (Å²) >= 11 is 0.975. The summed E-state index contributed by atoms with van der Waals surface area (Å²) in [6, 6.07) is 0. The fourth-order valence-corrected chi connectivity index (χ4v) is 3.44. The van der Waals surface area contributed by atoms with Crippen LogP contribution in [0.25, 0.3) is 0 Å². The molecule has 2 rings (SSSR count). The second-order valence-corrected chi connectivity index (χ2v) is 7.92. The fourth-order valence-electron chi connectivity index (χ4n) is 2.49. The first-order valence-corrected chi connectivity index (χ1v) is 8.85. The Bertz CT molecular complexity index is 686. The van der Waals surface area contributed by atoms with E-state index < -0.39 is 5.60 Å². The monoisotopic (exact) mass is 355 g/mol. The van der Waals surface area contributed by atoms with Crippen molar-refractivity contribution in [2.45, 2.75) is 39.7 Å². The van der Waals surface area contributed by atoms with Crippen LogP contribution in [0.4, 0.5) is 4.79 Å². The number of carbonyl (C=O) groups excluding carboxylic acids is 2. The number of carbonyl (C=O) groups is 2. The normalized spacial score (nSPS) is 16.0. The van der Waals surface area contributed by atoms with E-state index in [-0.39, 0.29) is 16.9 Å². The van der Waals surface area contributed by atoms with Crippen molar-refractivity contribution >= 4 is 23.3 Å². The molecule has 8 heteroatoms. The smallest absolute Gasteiger partial charge is 0.410 e. The van der Waals surface area contributed by atoms with Crippen LogP contribution in [0.3, 0.4) is 0 Å². The molecule has 0 spiro atoms. The average molecular weight is 355 g/mol. The third-order valence-corrected chi connectivity index (χ3v) is 5.05. The maximum Gasteiger partial charge on any atom is 0.410 e. The van der Waals surface area contributed by atoms with E-state index >= 15 is 0 Å². The van der Waals surface area contributed by atoms with Crippen LogP contribution in [0, 0.1) is 6.92 Å². The third-order valence-electron chi connectivity index (χ3n) is 3.92. The molecule has 0 bridgehead atoms. The summed E-state index contributed by atoms with van der Waals surface area (Å²) in [4.78, 5) is 40.3. The Hall–Kier alpha value is -1.83. The van der Waals surface area contributed by atoms with Crippen molar-refractivity contribution in [1.29, 1.82) is 0 Å². The van der Waals surface area contributed by atoms with Crippen LogP contribution in [-0.2, 0) is 11.8 Å². The summed E-state index contributed by atoms with van der Waals surface area (Å²) in [6.45, 7) is 9.26. The van der Waals surface area contributed by atoms with E-state index in [0.29, 0.717) is 43.2 Å². The molecule has 0 aromatic carbocycles. The third kappa shape index (κ3) is 4.17. The van der Waals surface area contributed by atoms with E-state index in [0.717, 1.165) is 11.3 Å². The molecule has 0 saturated carbocycles. The number of amides is 2. The zero-order chi connectivity index (χ0) is 18.1. The molecule has 0 unspecified atom stereocenters. The predicted octanol–water partition coefficient (Wildman–Crippen LogP) is 1.84. The predicted molar refractivity (Wildman–Crippen MR) is 92.6 cm³/mol. The average Bonchev–Trinajstić information content (AvgIpc) is 2.70. The van der Waals surface area contributed by atoms with E-state index in [1.165, 1.54) is 4.57 Å². The van der Waals surface area contributed by atoms with Crippen molar-refractivity contribution < 1.29 is 14.3 Å². The lowest BCUT2D eigenvalue weighted by Gasteiger charge is -2.26. The fraction of sp³-hybridized carbons (Fsp3) is 0.688. The highest BCUT2D eigenvalue weighted by Crippen LogP contribution is 2.17. The molecule has 0 N–H and O–H groups in total. The maximum absolute atomic E-state index is 12.7. The summed E-state index contributed by atoms with van der Waals surface area (Å²) in [5.41, 5.74) is 0.148. The van der Waals surface area contributed by atoms with E-state index in [1.54, 1.807) is 23.8 Å². The molecule has 7 nitrogen and oxygen atoms in total. The zero-order valence-corrected chi connectivity index (χ0v) is 15.7. The topological polar surface area (TPSA) is 71.9 Å². The lowest BCUT2D eigenvalue weighted by molar-refractivity contribution is 0.0255. The number of hydrogen-bond donors (Lipinski definition) is 0. The molecule has 1 saturated heterocycles. The van der Waals surface area contributed by atoms with Crippen molar-refractivity contribution in [3.05, 3.63) is 20.2 Å². The first-order valence-electron chi connectivity index (χ1n) is 8.04. The van der Waals surface area contributed by atoms with E-state index in [1.807, 2.05) is 20.8 Å². The first kappa shape index (κ1) is 18.5. The van der Waals surface area contributed by atoms with Crippen LogP contribution in [0.15, 0.2) is 4.79 Å². The molecule has 1 aromatic heterocycles. The molecule has 134 valence electrons. The summed E-state index contributed by atoms with van der Waals surface area (Å²) in [7, 11) is 1.66. The molecule has 0 radical (unpaired) electrons. The van der Waals surface area contributed by atoms with Gasteiger partial charge in [0.25, 0.3) is 5.91 Å². The Morgan fingerprint density at radius 1 is 1.08 bits per heavy atom. The van der Waals surface area contributed by atoms with Gasteiger partial charge in [0, 0.05) is 38.9 Å². The lowest BCUT2D eigenvalue weighted by atomic mass is 10.2. The standard InChI is InChI=1S/C16H25N3O4S/c1-11-12(24-15(22)17(11)5)13(20)18-7-6-8-19(10-9-18)14(21)23-16(2,3)4/h6-10H2,1-5H3. The van der Waals surface area contributed by atoms with Gasteiger partial charge in [0.15, 0.2) is 0 Å². The van der Waals surface area contributed by atoms with Crippen LogP contribution in [0.2, 0.25) is 0 Å². The molecule has 1 aliphatic rings. The molecule has 0 atom stereocenters. The Morgan fingerprint density at radius 3 is 2.21 bits per heavy atom. The van der Waals surface area contributed by atoms with Gasteiger partial charge in [-0.2, -0.15) is 0 Å². The van der Waals surface area contributed by atoms with Gasteiger partial charge in [0.1, 0.15) is 10.5 Å². The van der Waals surface area contributed by atoms with Crippen LogP contribution >= 0.6 is 11.3 Å². The number of rotatable bonds is 1. The second-order valence-electron chi connectivity index (χ2n) is 6.95. The van der Waals surface area contributed by atoms with Gasteiger partial charge in [-0.15, -0.1) is 0 Å². The number of nitrogens with zero attached hydrogens (tertiary/aromatic N) is 3. The Balaban J connectivity index is 2.05. The van der Waals surface area contributed by atoms with Gasteiger partial charge in [-0.05, 0) is 34.1 Å². The molecule has 24 heavy (non-hydrogen) atoms. The van der Waals surface area contributed by atoms with Crippen LogP contribution < -0.4 is 4.87 Å². The molecule has 1 aliphatic heterocycles. The van der Waals surface area contributed by atoms with Crippen molar-refractivity contribution in [3.63, 3.8) is 0 Å². The molecule has 2 heterocycles. The number of thiazole rings is 1. The van der Waals surface area contributed by atoms with Crippen molar-refractivity contribution in [2.24, 2.45) is 7.05 Å². The van der Waals surface area contributed by atoms with Crippen molar-refractivity contribution in [1.82, 2.24) is 14.4 Å². The number of hydrogen-bond acceptors (Lipinski definition) is 5. The quantitative estimate of drug-likeness (QED) is 0.771. The minimum atomic E-state index is -0.535.